The van der Waals surface area contributed by atoms with Gasteiger partial charge in [-0.2, -0.15) is 0 Å². The van der Waals surface area contributed by atoms with Crippen molar-refractivity contribution in [1.29, 1.82) is 0 Å². The number of methoxy groups -OCH3 is 4. The molecule has 4 aromatic carbocycles. The predicted molar refractivity (Wildman–Crippen MR) is 307 cm³/mol. The molecule has 82 heavy (non-hydrogen) atoms. The number of ether oxygens (including phenoxy) is 4. The van der Waals surface area contributed by atoms with Gasteiger partial charge in [-0.15, -0.1) is 0 Å². The van der Waals surface area contributed by atoms with Gasteiger partial charge in [0.25, 0.3) is 23.6 Å². The first-order valence-electron chi connectivity index (χ1n) is 27.3. The number of phenols is 8. The van der Waals surface area contributed by atoms with Crippen LogP contribution in [0.5, 0.6) is 46.0 Å². The third-order valence-corrected chi connectivity index (χ3v) is 14.5. The van der Waals surface area contributed by atoms with Crippen molar-refractivity contribution >= 4 is 23.6 Å². The van der Waals surface area contributed by atoms with Gasteiger partial charge in [-0.1, -0.05) is 38.1 Å². The molecule has 4 rings (SSSR count). The first-order chi connectivity index (χ1) is 39.2. The Morgan fingerprint density at radius 2 is 0.817 bits per heavy atom. The van der Waals surface area contributed by atoms with Crippen LogP contribution in [0.3, 0.4) is 0 Å². The maximum atomic E-state index is 13.0. The number of aromatic hydroxyl groups is 8. The number of phenolic OH excluding ortho intramolecular Hbond substituents is 8. The highest BCUT2D eigenvalue weighted by atomic mass is 16.5. The second kappa shape index (κ2) is 34.3. The largest absolute Gasteiger partial charge is 0.504 e. The fourth-order valence-electron chi connectivity index (χ4n) is 8.95. The lowest BCUT2D eigenvalue weighted by atomic mass is 9.94. The van der Waals surface area contributed by atoms with E-state index in [4.69, 9.17) is 18.9 Å². The first-order valence-corrected chi connectivity index (χ1v) is 27.3. The Bertz CT molecular complexity index is 2710. The molecule has 0 spiro atoms. The van der Waals surface area contributed by atoms with Gasteiger partial charge in [0.05, 0.1) is 48.7 Å². The van der Waals surface area contributed by atoms with Crippen LogP contribution in [-0.4, -0.2) is 194 Å². The molecule has 24 nitrogen and oxygen atoms in total. The fourth-order valence-corrected chi connectivity index (χ4v) is 8.95. The van der Waals surface area contributed by atoms with Crippen molar-refractivity contribution in [2.75, 3.05) is 107 Å². The summed E-state index contributed by atoms with van der Waals surface area (Å²) in [6.07, 6.45) is 1.16. The molecule has 0 aliphatic rings. The van der Waals surface area contributed by atoms with Crippen LogP contribution in [0, 0.1) is 11.8 Å². The van der Waals surface area contributed by atoms with E-state index in [0.29, 0.717) is 61.3 Å². The van der Waals surface area contributed by atoms with Crippen LogP contribution < -0.4 is 31.9 Å². The zero-order valence-corrected chi connectivity index (χ0v) is 48.4. The third kappa shape index (κ3) is 19.5. The summed E-state index contributed by atoms with van der Waals surface area (Å²) in [6.45, 7) is 12.5. The van der Waals surface area contributed by atoms with E-state index in [-0.39, 0.29) is 125 Å². The van der Waals surface area contributed by atoms with E-state index in [1.165, 1.54) is 52.7 Å². The molecule has 24 heteroatoms. The van der Waals surface area contributed by atoms with E-state index in [1.54, 1.807) is 24.3 Å². The second-order valence-corrected chi connectivity index (χ2v) is 20.3. The van der Waals surface area contributed by atoms with E-state index >= 15 is 0 Å². The molecule has 14 N–H and O–H groups in total. The molecule has 0 aliphatic carbocycles. The van der Waals surface area contributed by atoms with Crippen molar-refractivity contribution < 1.29 is 79.0 Å². The maximum absolute atomic E-state index is 13.0. The number of hydrogen-bond acceptors (Lipinski definition) is 20. The smallest absolute Gasteiger partial charge is 0.255 e. The van der Waals surface area contributed by atoms with Gasteiger partial charge in [0.1, 0.15) is 0 Å². The van der Waals surface area contributed by atoms with Gasteiger partial charge >= 0.3 is 0 Å². The normalized spacial score (nSPS) is 13.0. The average molecular weight is 1150 g/mol. The van der Waals surface area contributed by atoms with Crippen molar-refractivity contribution in [3.05, 3.63) is 93.0 Å². The summed E-state index contributed by atoms with van der Waals surface area (Å²) in [7, 11) is 5.98. The molecule has 0 heterocycles. The lowest BCUT2D eigenvalue weighted by Gasteiger charge is -2.37. The average Bonchev–Trinajstić information content (AvgIpc) is 3.57. The summed E-state index contributed by atoms with van der Waals surface area (Å²) in [4.78, 5) is 55.4. The Balaban J connectivity index is 1.57. The van der Waals surface area contributed by atoms with Crippen molar-refractivity contribution in [3.8, 4) is 46.0 Å². The number of amides is 4. The molecule has 0 saturated carbocycles. The Morgan fingerprint density at radius 1 is 0.451 bits per heavy atom. The molecular formula is C58H86N8O16. The number of carbonyl (C=O) groups excluding carboxylic acids is 4. The number of rotatable bonds is 37. The third-order valence-electron chi connectivity index (χ3n) is 14.5. The molecule has 0 saturated heterocycles. The zero-order chi connectivity index (χ0) is 60.5. The highest BCUT2D eigenvalue weighted by molar-refractivity contribution is 5.99. The number of nitrogens with one attached hydrogen (secondary N) is 6. The Kier molecular flexibility index (Phi) is 28.2. The Morgan fingerprint density at radius 3 is 1.22 bits per heavy atom. The van der Waals surface area contributed by atoms with Crippen LogP contribution in [0.25, 0.3) is 0 Å². The molecule has 454 valence electrons. The lowest BCUT2D eigenvalue weighted by Crippen LogP contribution is -2.44. The minimum Gasteiger partial charge on any atom is -0.504 e. The molecule has 4 aromatic rings. The standard InChI is InChI=1S/C58H86N8O16/c1-35(18-25-65(33-41-12-16-45(53(73)49(41)69)57(77)62-22-28-81-7)24-9-19-59-30-39-10-14-43(51(71)47(39)67)55(75)60-20-26-79-5)38(4)66(34-42-13-17-46(54(74)50(42)70)58(78)63-23-29-82-8)32-36(2)37(3)64-31-40-11-15-44(52(72)48(40)68)56(76)61-21-27-80-6/h10-17,35-38,59,64,67-74H,9,18-34H2,1-8H3,(H,60,75)(H,61,76)(H,62,77)(H,63,78). The molecule has 0 fully saturated rings. The van der Waals surface area contributed by atoms with Gasteiger partial charge in [0.15, 0.2) is 46.0 Å². The van der Waals surface area contributed by atoms with Gasteiger partial charge in [-0.25, -0.2) is 0 Å². The number of nitrogens with zero attached hydrogens (tertiary/aromatic N) is 2. The van der Waals surface area contributed by atoms with E-state index < -0.39 is 69.6 Å². The van der Waals surface area contributed by atoms with E-state index in [2.05, 4.69) is 55.5 Å². The molecule has 0 bridgehead atoms. The van der Waals surface area contributed by atoms with Crippen LogP contribution >= 0.6 is 0 Å². The summed E-state index contributed by atoms with van der Waals surface area (Å²) >= 11 is 0. The summed E-state index contributed by atoms with van der Waals surface area (Å²) in [5.41, 5.74) is 1.11. The molecule has 4 amide bonds. The van der Waals surface area contributed by atoms with Crippen molar-refractivity contribution in [1.82, 2.24) is 41.7 Å². The minimum absolute atomic E-state index is 0.0522. The highest BCUT2D eigenvalue weighted by Gasteiger charge is 2.29. The Labute approximate surface area is 479 Å². The molecule has 4 unspecified atom stereocenters. The molecule has 0 aromatic heterocycles. The zero-order valence-electron chi connectivity index (χ0n) is 48.4. The maximum Gasteiger partial charge on any atom is 0.255 e. The molecule has 0 aliphatic heterocycles. The van der Waals surface area contributed by atoms with Crippen LogP contribution in [-0.2, 0) is 45.1 Å². The van der Waals surface area contributed by atoms with Crippen LogP contribution in [0.15, 0.2) is 48.5 Å². The summed E-state index contributed by atoms with van der Waals surface area (Å²) in [6, 6.07) is 11.7. The van der Waals surface area contributed by atoms with Crippen molar-refractivity contribution in [2.24, 2.45) is 11.8 Å². The Hall–Kier alpha value is -7.16. The number of hydrogen-bond donors (Lipinski definition) is 14. The van der Waals surface area contributed by atoms with Crippen LogP contribution in [0.4, 0.5) is 0 Å². The quantitative estimate of drug-likeness (QED) is 0.0227. The molecule has 0 radical (unpaired) electrons. The number of benzene rings is 4. The fraction of sp³-hybridized carbons (Fsp3) is 0.517. The SMILES string of the molecule is COCCNC(=O)c1ccc(CNCCCN(CCC(C)C(C)N(Cc2ccc(C(=O)NCCOC)c(O)c2O)CC(C)C(C)NCc2ccc(C(=O)NCCOC)c(O)c2O)Cc2ccc(C(=O)NCCOC)c(O)c2O)c(O)c1O. The van der Waals surface area contributed by atoms with Crippen molar-refractivity contribution in [3.63, 3.8) is 0 Å². The van der Waals surface area contributed by atoms with Gasteiger partial charge < -0.3 is 91.7 Å². The van der Waals surface area contributed by atoms with Gasteiger partial charge in [-0.3, -0.25) is 29.0 Å². The summed E-state index contributed by atoms with van der Waals surface area (Å²) < 4.78 is 20.0. The minimum atomic E-state index is -0.586. The van der Waals surface area contributed by atoms with E-state index in [1.807, 2.05) is 13.8 Å². The van der Waals surface area contributed by atoms with E-state index in [0.717, 1.165) is 0 Å². The predicted octanol–water partition coefficient (Wildman–Crippen LogP) is 3.55. The monoisotopic (exact) mass is 1150 g/mol. The first kappa shape index (κ1) is 67.3. The summed E-state index contributed by atoms with van der Waals surface area (Å²) in [5, 5.41) is 105. The van der Waals surface area contributed by atoms with Gasteiger partial charge in [0, 0.05) is 122 Å². The molecular weight excluding hydrogens is 1060 g/mol. The highest BCUT2D eigenvalue weighted by Crippen LogP contribution is 2.37. The number of carbonyl (C=O) groups is 4. The van der Waals surface area contributed by atoms with Gasteiger partial charge in [0.2, 0.25) is 0 Å². The van der Waals surface area contributed by atoms with E-state index in [9.17, 15) is 60.0 Å². The van der Waals surface area contributed by atoms with Crippen LogP contribution in [0.1, 0.15) is 104 Å². The van der Waals surface area contributed by atoms with Crippen LogP contribution in [0.2, 0.25) is 0 Å². The lowest BCUT2D eigenvalue weighted by molar-refractivity contribution is 0.0925. The van der Waals surface area contributed by atoms with Gasteiger partial charge in [-0.05, 0) is 82.4 Å². The van der Waals surface area contributed by atoms with Crippen molar-refractivity contribution in [2.45, 2.75) is 78.8 Å². The second-order valence-electron chi connectivity index (χ2n) is 20.3. The summed E-state index contributed by atoms with van der Waals surface area (Å²) in [5.74, 6) is -6.40. The topological polar surface area (TPSA) is 346 Å². The molecule has 4 atom stereocenters.